The number of hydrogen-bond donors (Lipinski definition) is 0. The number of benzene rings is 2. The van der Waals surface area contributed by atoms with Crippen molar-refractivity contribution in [2.75, 3.05) is 4.90 Å². The Bertz CT molecular complexity index is 546. The van der Waals surface area contributed by atoms with Crippen molar-refractivity contribution in [1.29, 1.82) is 0 Å². The molecule has 0 aliphatic carbocycles. The van der Waals surface area contributed by atoms with Gasteiger partial charge in [-0.15, -0.1) is 0 Å². The maximum atomic E-state index is 12.2. The van der Waals surface area contributed by atoms with Gasteiger partial charge < -0.3 is 4.90 Å². The average molecular weight is 251 g/mol. The van der Waals surface area contributed by atoms with E-state index in [0.29, 0.717) is 6.54 Å². The number of allylic oxidation sites excluding steroid dienone is 1. The van der Waals surface area contributed by atoms with E-state index in [4.69, 9.17) is 0 Å². The number of para-hydroxylation sites is 1. The quantitative estimate of drug-likeness (QED) is 0.757. The van der Waals surface area contributed by atoms with Crippen LogP contribution in [0, 0.1) is 0 Å². The average Bonchev–Trinajstić information content (AvgIpc) is 2.47. The molecule has 0 aromatic heterocycles. The van der Waals surface area contributed by atoms with Crippen molar-refractivity contribution in [2.24, 2.45) is 0 Å². The second-order valence-electron chi connectivity index (χ2n) is 4.25. The molecule has 96 valence electrons. The lowest BCUT2D eigenvalue weighted by atomic mass is 10.2. The minimum Gasteiger partial charge on any atom is -0.304 e. The summed E-state index contributed by atoms with van der Waals surface area (Å²) < 4.78 is 0. The first-order chi connectivity index (χ1) is 9.31. The van der Waals surface area contributed by atoms with E-state index in [-0.39, 0.29) is 5.91 Å². The summed E-state index contributed by atoms with van der Waals surface area (Å²) in [5, 5.41) is 0. The van der Waals surface area contributed by atoms with Crippen LogP contribution in [0.25, 0.3) is 0 Å². The molecule has 0 unspecified atom stereocenters. The fourth-order valence-corrected chi connectivity index (χ4v) is 1.90. The monoisotopic (exact) mass is 251 g/mol. The van der Waals surface area contributed by atoms with Gasteiger partial charge >= 0.3 is 0 Å². The molecule has 0 fully saturated rings. The summed E-state index contributed by atoms with van der Waals surface area (Å²) in [6, 6.07) is 19.7. The number of amides is 1. The van der Waals surface area contributed by atoms with Crippen LogP contribution in [-0.4, -0.2) is 5.91 Å². The van der Waals surface area contributed by atoms with Crippen LogP contribution in [0.5, 0.6) is 0 Å². The Balaban J connectivity index is 2.27. The highest BCUT2D eigenvalue weighted by Gasteiger charge is 2.12. The molecule has 0 aliphatic heterocycles. The van der Waals surface area contributed by atoms with Crippen LogP contribution < -0.4 is 4.90 Å². The molecular formula is C17H17NO. The molecule has 0 spiro atoms. The number of carbonyl (C=O) groups excluding carboxylic acids is 1. The van der Waals surface area contributed by atoms with Crippen molar-refractivity contribution in [3.05, 3.63) is 78.4 Å². The maximum absolute atomic E-state index is 12.2. The number of rotatable bonds is 4. The van der Waals surface area contributed by atoms with Gasteiger partial charge in [0, 0.05) is 5.69 Å². The second kappa shape index (κ2) is 6.55. The fourth-order valence-electron chi connectivity index (χ4n) is 1.90. The van der Waals surface area contributed by atoms with E-state index in [1.165, 1.54) is 0 Å². The first-order valence-corrected chi connectivity index (χ1v) is 6.34. The van der Waals surface area contributed by atoms with Crippen LogP contribution in [0.15, 0.2) is 72.8 Å². The van der Waals surface area contributed by atoms with Gasteiger partial charge in [-0.1, -0.05) is 54.6 Å². The third-order valence-corrected chi connectivity index (χ3v) is 2.83. The summed E-state index contributed by atoms with van der Waals surface area (Å²) in [4.78, 5) is 14.0. The van der Waals surface area contributed by atoms with Crippen LogP contribution in [0.4, 0.5) is 5.69 Å². The van der Waals surface area contributed by atoms with Crippen molar-refractivity contribution in [2.45, 2.75) is 13.5 Å². The number of anilines is 1. The van der Waals surface area contributed by atoms with Gasteiger partial charge in [0.25, 0.3) is 5.91 Å². The fraction of sp³-hybridized carbons (Fsp3) is 0.118. The molecule has 0 bridgehead atoms. The molecule has 19 heavy (non-hydrogen) atoms. The lowest BCUT2D eigenvalue weighted by Gasteiger charge is -2.21. The minimum absolute atomic E-state index is 0.00227. The number of nitrogens with zero attached hydrogens (tertiary/aromatic N) is 1. The van der Waals surface area contributed by atoms with Crippen molar-refractivity contribution < 1.29 is 4.79 Å². The van der Waals surface area contributed by atoms with Gasteiger partial charge in [0.2, 0.25) is 0 Å². The smallest absolute Gasteiger partial charge is 0.250 e. The SMILES string of the molecule is C/C=C\C(=O)N(Cc1ccccc1)c1ccccc1. The van der Waals surface area contributed by atoms with Gasteiger partial charge in [0.15, 0.2) is 0 Å². The van der Waals surface area contributed by atoms with Gasteiger partial charge in [-0.2, -0.15) is 0 Å². The van der Waals surface area contributed by atoms with E-state index in [0.717, 1.165) is 11.3 Å². The Morgan fingerprint density at radius 1 is 1.00 bits per heavy atom. The molecule has 0 aliphatic rings. The normalized spacial score (nSPS) is 10.6. The van der Waals surface area contributed by atoms with Crippen molar-refractivity contribution >= 4 is 11.6 Å². The Labute approximate surface area is 114 Å². The third-order valence-electron chi connectivity index (χ3n) is 2.83. The summed E-state index contributed by atoms with van der Waals surface area (Å²) in [6.07, 6.45) is 3.36. The van der Waals surface area contributed by atoms with Crippen LogP contribution in [-0.2, 0) is 11.3 Å². The van der Waals surface area contributed by atoms with Crippen molar-refractivity contribution in [3.63, 3.8) is 0 Å². The zero-order valence-corrected chi connectivity index (χ0v) is 11.0. The number of carbonyl (C=O) groups is 1. The van der Waals surface area contributed by atoms with Gasteiger partial charge in [-0.3, -0.25) is 4.79 Å². The zero-order chi connectivity index (χ0) is 13.5. The predicted octanol–water partition coefficient (Wildman–Crippen LogP) is 3.80. The summed E-state index contributed by atoms with van der Waals surface area (Å²) in [7, 11) is 0. The lowest BCUT2D eigenvalue weighted by molar-refractivity contribution is -0.114. The molecule has 0 N–H and O–H groups in total. The van der Waals surface area contributed by atoms with Gasteiger partial charge in [0.1, 0.15) is 0 Å². The first kappa shape index (κ1) is 13.1. The standard InChI is InChI=1S/C17H17NO/c1-2-9-17(19)18(16-12-7-4-8-13-16)14-15-10-5-3-6-11-15/h2-13H,14H2,1H3/b9-2-. The topological polar surface area (TPSA) is 20.3 Å². The van der Waals surface area contributed by atoms with Gasteiger partial charge in [-0.25, -0.2) is 0 Å². The molecule has 0 heterocycles. The highest BCUT2D eigenvalue weighted by molar-refractivity contribution is 6.01. The van der Waals surface area contributed by atoms with E-state index in [1.807, 2.05) is 67.6 Å². The molecule has 1 amide bonds. The molecule has 0 saturated heterocycles. The largest absolute Gasteiger partial charge is 0.304 e. The molecule has 0 saturated carbocycles. The summed E-state index contributed by atoms with van der Waals surface area (Å²) in [5.41, 5.74) is 2.03. The van der Waals surface area contributed by atoms with Crippen LogP contribution in [0.3, 0.4) is 0 Å². The van der Waals surface area contributed by atoms with Gasteiger partial charge in [-0.05, 0) is 30.7 Å². The van der Waals surface area contributed by atoms with E-state index >= 15 is 0 Å². The Kier molecular flexibility index (Phi) is 4.51. The summed E-state index contributed by atoms with van der Waals surface area (Å²) in [6.45, 7) is 2.43. The van der Waals surface area contributed by atoms with E-state index < -0.39 is 0 Å². The highest BCUT2D eigenvalue weighted by Crippen LogP contribution is 2.17. The van der Waals surface area contributed by atoms with Gasteiger partial charge in [0.05, 0.1) is 6.54 Å². The molecule has 0 atom stereocenters. The molecule has 2 aromatic carbocycles. The Morgan fingerprint density at radius 3 is 2.16 bits per heavy atom. The summed E-state index contributed by atoms with van der Waals surface area (Å²) in [5.74, 6) is -0.00227. The maximum Gasteiger partial charge on any atom is 0.250 e. The van der Waals surface area contributed by atoms with E-state index in [1.54, 1.807) is 17.1 Å². The second-order valence-corrected chi connectivity index (χ2v) is 4.25. The zero-order valence-electron chi connectivity index (χ0n) is 11.0. The van der Waals surface area contributed by atoms with Crippen molar-refractivity contribution in [1.82, 2.24) is 0 Å². The highest BCUT2D eigenvalue weighted by atomic mass is 16.2. The third kappa shape index (κ3) is 3.55. The van der Waals surface area contributed by atoms with Crippen LogP contribution in [0.2, 0.25) is 0 Å². The van der Waals surface area contributed by atoms with Crippen molar-refractivity contribution in [3.8, 4) is 0 Å². The molecule has 2 nitrogen and oxygen atoms in total. The predicted molar refractivity (Wildman–Crippen MR) is 78.9 cm³/mol. The molecule has 0 radical (unpaired) electrons. The molecule has 2 heteroatoms. The lowest BCUT2D eigenvalue weighted by Crippen LogP contribution is -2.28. The van der Waals surface area contributed by atoms with Crippen LogP contribution >= 0.6 is 0 Å². The number of hydrogen-bond acceptors (Lipinski definition) is 1. The minimum atomic E-state index is -0.00227. The first-order valence-electron chi connectivity index (χ1n) is 6.34. The Morgan fingerprint density at radius 2 is 1.58 bits per heavy atom. The molecular weight excluding hydrogens is 234 g/mol. The molecule has 2 rings (SSSR count). The van der Waals surface area contributed by atoms with Crippen LogP contribution in [0.1, 0.15) is 12.5 Å². The molecule has 2 aromatic rings. The van der Waals surface area contributed by atoms with E-state index in [9.17, 15) is 4.79 Å². The Hall–Kier alpha value is -2.35. The van der Waals surface area contributed by atoms with E-state index in [2.05, 4.69) is 0 Å². The summed E-state index contributed by atoms with van der Waals surface area (Å²) >= 11 is 0.